The van der Waals surface area contributed by atoms with E-state index in [1.54, 1.807) is 21.9 Å². The van der Waals surface area contributed by atoms with Gasteiger partial charge in [-0.3, -0.25) is 0 Å². The van der Waals surface area contributed by atoms with Crippen molar-refractivity contribution in [3.8, 4) is 0 Å². The summed E-state index contributed by atoms with van der Waals surface area (Å²) >= 11 is 9.70. The molecular weight excluding hydrogens is 1360 g/mol. The highest BCUT2D eigenvalue weighted by Gasteiger charge is 2.44. The lowest BCUT2D eigenvalue weighted by atomic mass is 9.33. The Morgan fingerprint density at radius 3 is 0.842 bits per heavy atom. The van der Waals surface area contributed by atoms with Crippen LogP contribution < -0.4 is 36.0 Å². The number of benzene rings is 10. The molecule has 0 fully saturated rings. The third kappa shape index (κ3) is 16.5. The summed E-state index contributed by atoms with van der Waals surface area (Å²) in [5.41, 5.74) is 8.74. The monoisotopic (exact) mass is 1490 g/mol. The van der Waals surface area contributed by atoms with Crippen LogP contribution in [0.2, 0.25) is 5.02 Å². The van der Waals surface area contributed by atoms with E-state index in [2.05, 4.69) is 130 Å². The Hall–Kier alpha value is -7.52. The Morgan fingerprint density at radius 2 is 0.564 bits per heavy atom. The molecule has 0 spiro atoms. The first-order chi connectivity index (χ1) is 53.3. The van der Waals surface area contributed by atoms with Crippen LogP contribution in [0.25, 0.3) is 0 Å². The van der Waals surface area contributed by atoms with Gasteiger partial charge in [-0.1, -0.05) is 317 Å². The van der Waals surface area contributed by atoms with Crippen molar-refractivity contribution in [2.45, 2.75) is 217 Å². The van der Waals surface area contributed by atoms with E-state index < -0.39 is 28.4 Å². The van der Waals surface area contributed by atoms with Crippen LogP contribution in [0.5, 0.6) is 0 Å². The molecule has 0 N–H and O–H groups in total. The Morgan fingerprint density at radius 1 is 0.307 bits per heavy atom. The van der Waals surface area contributed by atoms with E-state index in [-0.39, 0.29) is 165 Å². The molecule has 0 saturated heterocycles. The van der Waals surface area contributed by atoms with Crippen LogP contribution in [0, 0.1) is 0 Å². The van der Waals surface area contributed by atoms with E-state index in [0.717, 1.165) is 39.1 Å². The molecule has 2 aliphatic rings. The number of anilines is 12. The quantitative estimate of drug-likeness (QED) is 0.0854. The van der Waals surface area contributed by atoms with Gasteiger partial charge in [0.15, 0.2) is 0 Å². The first-order valence-corrected chi connectivity index (χ1v) is 37.2. The van der Waals surface area contributed by atoms with Crippen molar-refractivity contribution in [1.29, 1.82) is 0 Å². The minimum atomic E-state index is -0.794. The molecule has 2 heterocycles. The topological polar surface area (TPSA) is 13.0 Å². The summed E-state index contributed by atoms with van der Waals surface area (Å²) in [4.78, 5) is 8.95. The first-order valence-electron chi connectivity index (χ1n) is 42.7. The molecule has 0 saturated carbocycles. The summed E-state index contributed by atoms with van der Waals surface area (Å²) in [5.74, 6) is 0. The lowest BCUT2D eigenvalue weighted by Crippen LogP contribution is -2.61. The van der Waals surface area contributed by atoms with Gasteiger partial charge < -0.3 is 19.6 Å². The molecule has 0 unspecified atom stereocenters. The second kappa shape index (κ2) is 29.0. The second-order valence-corrected chi connectivity index (χ2v) is 35.0. The van der Waals surface area contributed by atoms with Crippen LogP contribution in [0.3, 0.4) is 0 Å². The van der Waals surface area contributed by atoms with Crippen LogP contribution in [0.15, 0.2) is 218 Å². The Balaban J connectivity index is 0.000000259. The zero-order valence-electron chi connectivity index (χ0n) is 79.7. The van der Waals surface area contributed by atoms with Crippen LogP contribution in [0.4, 0.5) is 68.2 Å². The highest BCUT2D eigenvalue weighted by molar-refractivity contribution is 14.1. The molecule has 10 aromatic carbocycles. The van der Waals surface area contributed by atoms with Gasteiger partial charge in [0.25, 0.3) is 6.71 Å². The number of halogens is 2. The van der Waals surface area contributed by atoms with Gasteiger partial charge in [0.05, 0.1) is 38.3 Å². The number of nitrogens with zero attached hydrogens (tertiary/aromatic N) is 4. The summed E-state index contributed by atoms with van der Waals surface area (Å²) in [7, 11) is 0. The van der Waals surface area contributed by atoms with Gasteiger partial charge in [-0.25, -0.2) is 0 Å². The van der Waals surface area contributed by atoms with E-state index in [1.165, 1.54) is 12.1 Å². The minimum Gasteiger partial charge on any atom is -0.311 e. The van der Waals surface area contributed by atoms with Gasteiger partial charge in [-0.15, -0.1) is 0 Å². The first kappa shape index (κ1) is 57.9. The van der Waals surface area contributed by atoms with Crippen molar-refractivity contribution < 1.29 is 21.9 Å². The van der Waals surface area contributed by atoms with Gasteiger partial charge in [-0.05, 0) is 218 Å². The third-order valence-electron chi connectivity index (χ3n) is 18.4. The average Bonchev–Trinajstić information content (AvgIpc) is 0.676. The van der Waals surface area contributed by atoms with Gasteiger partial charge in [0.2, 0.25) is 0 Å². The fourth-order valence-electron chi connectivity index (χ4n) is 12.3. The molecule has 528 valence electrons. The normalized spacial score (nSPS) is 15.4. The predicted molar refractivity (Wildman–Crippen MR) is 458 cm³/mol. The lowest BCUT2D eigenvalue weighted by molar-refractivity contribution is 0.590. The van der Waals surface area contributed by atoms with Gasteiger partial charge in [0, 0.05) is 56.9 Å². The van der Waals surface area contributed by atoms with E-state index in [0.29, 0.717) is 56.2 Å². The highest BCUT2D eigenvalue weighted by atomic mass is 127. The Bertz CT molecular complexity index is 5110. The molecule has 2 aliphatic heterocycles. The van der Waals surface area contributed by atoms with E-state index in [4.69, 9.17) is 17.1 Å². The molecule has 7 heteroatoms. The fraction of sp³-hybridized carbons (Fsp3) is 0.362. The van der Waals surface area contributed by atoms with Gasteiger partial charge in [0.1, 0.15) is 0 Å². The molecule has 0 radical (unpaired) electrons. The third-order valence-corrected chi connectivity index (χ3v) is 18.8. The van der Waals surface area contributed by atoms with Crippen molar-refractivity contribution in [2.75, 3.05) is 24.5 Å². The van der Waals surface area contributed by atoms with Gasteiger partial charge >= 0.3 is 0 Å². The summed E-state index contributed by atoms with van der Waals surface area (Å²) in [6, 6.07) is 36.4. The molecule has 4 nitrogen and oxygen atoms in total. The summed E-state index contributed by atoms with van der Waals surface area (Å²) in [6.07, 6.45) is 0. The molecule has 12 rings (SSSR count). The Labute approximate surface area is 652 Å². The molecule has 101 heavy (non-hydrogen) atoms. The predicted octanol–water partition coefficient (Wildman–Crippen LogP) is 27.1. The Kier molecular flexibility index (Phi) is 16.6. The van der Waals surface area contributed by atoms with Crippen molar-refractivity contribution in [3.05, 3.63) is 268 Å². The van der Waals surface area contributed by atoms with Crippen LogP contribution in [-0.2, 0) is 43.3 Å². The maximum atomic E-state index is 10.1. The molecular formula is C94H115BClIN4. The van der Waals surface area contributed by atoms with Crippen molar-refractivity contribution in [1.82, 2.24) is 0 Å². The van der Waals surface area contributed by atoms with Crippen LogP contribution in [-0.4, -0.2) is 11.6 Å². The SMILES string of the molecule is C.CI.[2H]c1cc(N(c2ccc(C(C)(C)C)cc2)c2c([2H])c([2H])c(C(C)(C)C)c([2H])c2[2H])c(Cl)c(N(c2ccc(C(C)(C)C)cc2)c2c([2H])c([2H])c(C(C)(C)C)c([2H])c2[2H])c1.[2H]c1cc2c3c(c1)N(c1ccc(C(C)(C)C)cc1)c1c([2H])c([2H])c(C(C)(C)C)c([2H])c1B3c1c([2H])c(C(C)(C)C)c([2H])c([2H])c1N2c1ccc(C(C)(C)C)cc1. The largest absolute Gasteiger partial charge is 0.311 e. The van der Waals surface area contributed by atoms with Crippen LogP contribution >= 0.6 is 34.2 Å². The maximum Gasteiger partial charge on any atom is 0.252 e. The molecule has 0 aromatic heterocycles. The summed E-state index contributed by atoms with van der Waals surface area (Å²) < 4.78 is 151. The van der Waals surface area contributed by atoms with Crippen molar-refractivity contribution >= 4 is 126 Å². The zero-order valence-corrected chi connectivity index (χ0v) is 66.6. The van der Waals surface area contributed by atoms with Crippen molar-refractivity contribution in [3.63, 3.8) is 0 Å². The van der Waals surface area contributed by atoms with E-state index >= 15 is 0 Å². The number of fused-ring (bicyclic) bond motifs is 4. The molecule has 0 aliphatic carbocycles. The zero-order chi connectivity index (χ0) is 87.1. The minimum absolute atomic E-state index is 0. The second-order valence-electron chi connectivity index (χ2n) is 34.6. The summed E-state index contributed by atoms with van der Waals surface area (Å²) in [5, 5.41) is 0.0179. The number of alkyl halides is 1. The highest BCUT2D eigenvalue weighted by Crippen LogP contribution is 2.50. The molecule has 0 atom stereocenters. The van der Waals surface area contributed by atoms with E-state index in [9.17, 15) is 16.4 Å². The number of hydrogen-bond donors (Lipinski definition) is 0. The smallest absolute Gasteiger partial charge is 0.252 e. The molecule has 10 aromatic rings. The number of rotatable bonds is 8. The van der Waals surface area contributed by atoms with Crippen LogP contribution in [0.1, 0.15) is 240 Å². The number of hydrogen-bond acceptors (Lipinski definition) is 4. The molecule has 0 bridgehead atoms. The lowest BCUT2D eigenvalue weighted by Gasteiger charge is -2.45. The van der Waals surface area contributed by atoms with Gasteiger partial charge in [-0.2, -0.15) is 0 Å². The average molecular weight is 1490 g/mol. The standard InChI is InChI=1S/C46H53BN2.C46H55ClN2.CH3I.CH4/c1-43(2,3)30-16-22-34(23-17-30)48-38-26-20-32(45(7,8)9)28-36(38)47-37-29-33(46(10,11)12)21-27-39(37)49(41-15-13-14-40(48)42(41)47)35-24-18-31(19-25-35)44(4,5)6;1-43(2,3)32-16-24-36(25-17-32)48(37-26-18-33(19-27-37)44(4,5)6)40-14-13-15-41(42(40)47)49(38-28-20-34(21-29-38)45(7,8)9)39-30-22-35(23-31-39)46(10,11)12;1-2;/h13-29H,1-12H3;13-31H,1-12H3;1H3;1H4/i13D,20D,21D,26D,27D,28D,29D;13D,16D,17D,20D,21D,24D,25D,28D,29D;;. The van der Waals surface area contributed by atoms with Crippen molar-refractivity contribution in [2.24, 2.45) is 0 Å². The maximum absolute atomic E-state index is 10.1. The molecule has 0 amide bonds. The fourth-order valence-corrected chi connectivity index (χ4v) is 12.6. The van der Waals surface area contributed by atoms with E-state index in [1.807, 2.05) is 171 Å². The summed E-state index contributed by atoms with van der Waals surface area (Å²) in [6.45, 7) is 47.5.